The van der Waals surface area contributed by atoms with Crippen LogP contribution in [-0.4, -0.2) is 45.0 Å². The van der Waals surface area contributed by atoms with Crippen molar-refractivity contribution in [1.29, 1.82) is 0 Å². The summed E-state index contributed by atoms with van der Waals surface area (Å²) in [5.74, 6) is -0.601. The highest BCUT2D eigenvalue weighted by Gasteiger charge is 2.14. The molecule has 0 spiro atoms. The molecule has 1 amide bonds. The maximum Gasteiger partial charge on any atom is 0.325 e. The predicted octanol–water partition coefficient (Wildman–Crippen LogP) is 2.42. The lowest BCUT2D eigenvalue weighted by Gasteiger charge is -2.09. The summed E-state index contributed by atoms with van der Waals surface area (Å²) < 4.78 is 15.1. The Bertz CT molecular complexity index is 822. The summed E-state index contributed by atoms with van der Waals surface area (Å²) >= 11 is 0. The number of Topliss-reactive ketones (excluding diaryl/α,β-unsaturated/α-hetero) is 1. The number of nitrogens with one attached hydrogen (secondary N) is 1. The maximum absolute atomic E-state index is 12.2. The molecule has 0 heterocycles. The summed E-state index contributed by atoms with van der Waals surface area (Å²) in [6.45, 7) is 1.28. The highest BCUT2D eigenvalue weighted by Crippen LogP contribution is 2.22. The Balaban J connectivity index is 1.84. The van der Waals surface area contributed by atoms with Crippen molar-refractivity contribution in [3.8, 4) is 11.5 Å². The minimum absolute atomic E-state index is 0.274. The van der Waals surface area contributed by atoms with E-state index in [0.29, 0.717) is 17.1 Å². The van der Waals surface area contributed by atoms with E-state index in [2.05, 4.69) is 5.32 Å². The van der Waals surface area contributed by atoms with Crippen molar-refractivity contribution in [2.45, 2.75) is 13.3 Å². The van der Waals surface area contributed by atoms with Crippen LogP contribution in [0.3, 0.4) is 0 Å². The molecule has 148 valence electrons. The van der Waals surface area contributed by atoms with E-state index < -0.39 is 11.9 Å². The minimum atomic E-state index is -0.707. The SMILES string of the molecule is CCc1ccc(C(=O)COC(=O)CNC(=O)c2cc(OC)cc(OC)c2)cc1. The molecule has 7 nitrogen and oxygen atoms in total. The van der Waals surface area contributed by atoms with Gasteiger partial charge in [-0.15, -0.1) is 0 Å². The van der Waals surface area contributed by atoms with Gasteiger partial charge in [0.05, 0.1) is 14.2 Å². The number of rotatable bonds is 9. The van der Waals surface area contributed by atoms with Gasteiger partial charge in [-0.25, -0.2) is 0 Å². The summed E-state index contributed by atoms with van der Waals surface area (Å²) in [5.41, 5.74) is 1.86. The van der Waals surface area contributed by atoms with Crippen molar-refractivity contribution in [3.63, 3.8) is 0 Å². The number of methoxy groups -OCH3 is 2. The Hall–Kier alpha value is -3.35. The number of amides is 1. The van der Waals surface area contributed by atoms with E-state index in [4.69, 9.17) is 14.2 Å². The van der Waals surface area contributed by atoms with Crippen LogP contribution in [0.25, 0.3) is 0 Å². The lowest BCUT2D eigenvalue weighted by molar-refractivity contribution is -0.141. The molecule has 0 aliphatic heterocycles. The molecule has 0 radical (unpaired) electrons. The van der Waals surface area contributed by atoms with Crippen LogP contribution in [0.5, 0.6) is 11.5 Å². The van der Waals surface area contributed by atoms with E-state index >= 15 is 0 Å². The van der Waals surface area contributed by atoms with Crippen molar-refractivity contribution < 1.29 is 28.6 Å². The number of aryl methyl sites for hydroxylation is 1. The molecule has 0 unspecified atom stereocenters. The van der Waals surface area contributed by atoms with Crippen molar-refractivity contribution in [3.05, 3.63) is 59.2 Å². The Morgan fingerprint density at radius 1 is 0.893 bits per heavy atom. The Morgan fingerprint density at radius 3 is 2.04 bits per heavy atom. The molecule has 0 saturated carbocycles. The molecule has 28 heavy (non-hydrogen) atoms. The number of benzene rings is 2. The van der Waals surface area contributed by atoms with Crippen LogP contribution in [0.4, 0.5) is 0 Å². The van der Waals surface area contributed by atoms with Gasteiger partial charge in [-0.3, -0.25) is 14.4 Å². The van der Waals surface area contributed by atoms with Crippen LogP contribution in [0, 0.1) is 0 Å². The molecule has 0 fully saturated rings. The Morgan fingerprint density at radius 2 is 1.50 bits per heavy atom. The third kappa shape index (κ3) is 5.84. The highest BCUT2D eigenvalue weighted by atomic mass is 16.5. The van der Waals surface area contributed by atoms with Crippen molar-refractivity contribution >= 4 is 17.7 Å². The lowest BCUT2D eigenvalue weighted by Crippen LogP contribution is -2.31. The maximum atomic E-state index is 12.2. The van der Waals surface area contributed by atoms with Gasteiger partial charge in [0.15, 0.2) is 12.4 Å². The van der Waals surface area contributed by atoms with Crippen LogP contribution in [0.2, 0.25) is 0 Å². The number of carbonyl (C=O) groups excluding carboxylic acids is 3. The molecule has 2 rings (SSSR count). The molecule has 1 N–H and O–H groups in total. The summed E-state index contributed by atoms with van der Waals surface area (Å²) in [6, 6.07) is 11.8. The van der Waals surface area contributed by atoms with Gasteiger partial charge in [-0.05, 0) is 24.1 Å². The number of carbonyl (C=O) groups is 3. The predicted molar refractivity (Wildman–Crippen MR) is 103 cm³/mol. The molecule has 2 aromatic rings. The smallest absolute Gasteiger partial charge is 0.325 e. The molecule has 0 saturated heterocycles. The quantitative estimate of drug-likeness (QED) is 0.527. The largest absolute Gasteiger partial charge is 0.497 e. The number of hydrogen-bond acceptors (Lipinski definition) is 6. The molecule has 0 atom stereocenters. The molecule has 0 aromatic heterocycles. The van der Waals surface area contributed by atoms with Crippen LogP contribution in [0.1, 0.15) is 33.2 Å². The third-order valence-corrected chi connectivity index (χ3v) is 4.06. The average Bonchev–Trinajstić information content (AvgIpc) is 2.75. The van der Waals surface area contributed by atoms with Gasteiger partial charge >= 0.3 is 5.97 Å². The van der Waals surface area contributed by atoms with Gasteiger partial charge in [0.2, 0.25) is 0 Å². The summed E-state index contributed by atoms with van der Waals surface area (Å²) in [7, 11) is 2.95. The second-order valence-electron chi connectivity index (χ2n) is 5.92. The molecular formula is C21H23NO6. The van der Waals surface area contributed by atoms with Crippen LogP contribution in [-0.2, 0) is 16.0 Å². The first-order valence-electron chi connectivity index (χ1n) is 8.75. The van der Waals surface area contributed by atoms with Gasteiger partial charge in [0.25, 0.3) is 5.91 Å². The van der Waals surface area contributed by atoms with Crippen molar-refractivity contribution in [1.82, 2.24) is 5.32 Å². The van der Waals surface area contributed by atoms with Gasteiger partial charge < -0.3 is 19.5 Å². The van der Waals surface area contributed by atoms with Crippen LogP contribution in [0.15, 0.2) is 42.5 Å². The zero-order valence-corrected chi connectivity index (χ0v) is 16.1. The monoisotopic (exact) mass is 385 g/mol. The van der Waals surface area contributed by atoms with E-state index in [9.17, 15) is 14.4 Å². The van der Waals surface area contributed by atoms with Gasteiger partial charge in [-0.2, -0.15) is 0 Å². The molecular weight excluding hydrogens is 362 g/mol. The van der Waals surface area contributed by atoms with E-state index in [-0.39, 0.29) is 24.5 Å². The normalized spacial score (nSPS) is 10.1. The minimum Gasteiger partial charge on any atom is -0.497 e. The number of ketones is 1. The first-order valence-corrected chi connectivity index (χ1v) is 8.75. The van der Waals surface area contributed by atoms with Crippen molar-refractivity contribution in [2.75, 3.05) is 27.4 Å². The number of esters is 1. The summed E-state index contributed by atoms with van der Waals surface area (Å²) in [5, 5.41) is 2.44. The molecule has 7 heteroatoms. The van der Waals surface area contributed by atoms with E-state index in [1.54, 1.807) is 18.2 Å². The fourth-order valence-corrected chi connectivity index (χ4v) is 2.40. The van der Waals surface area contributed by atoms with E-state index in [1.807, 2.05) is 19.1 Å². The zero-order chi connectivity index (χ0) is 20.5. The van der Waals surface area contributed by atoms with E-state index in [0.717, 1.165) is 12.0 Å². The van der Waals surface area contributed by atoms with E-state index in [1.165, 1.54) is 26.4 Å². The molecule has 0 bridgehead atoms. The summed E-state index contributed by atoms with van der Waals surface area (Å²) in [4.78, 5) is 36.1. The van der Waals surface area contributed by atoms with Gasteiger partial charge in [0.1, 0.15) is 18.0 Å². The second kappa shape index (κ2) is 10.1. The molecule has 0 aliphatic rings. The molecule has 2 aromatic carbocycles. The third-order valence-electron chi connectivity index (χ3n) is 4.06. The molecule has 0 aliphatic carbocycles. The van der Waals surface area contributed by atoms with Crippen molar-refractivity contribution in [2.24, 2.45) is 0 Å². The number of ether oxygens (including phenoxy) is 3. The fraction of sp³-hybridized carbons (Fsp3) is 0.286. The Labute approximate surface area is 163 Å². The Kier molecular flexibility index (Phi) is 7.56. The number of hydrogen-bond donors (Lipinski definition) is 1. The zero-order valence-electron chi connectivity index (χ0n) is 16.1. The van der Waals surface area contributed by atoms with Crippen LogP contribution >= 0.6 is 0 Å². The standard InChI is InChI=1S/C21H23NO6/c1-4-14-5-7-15(8-6-14)19(23)13-28-20(24)12-22-21(25)16-9-17(26-2)11-18(10-16)27-3/h5-11H,4,12-13H2,1-3H3,(H,22,25). The second-order valence-corrected chi connectivity index (χ2v) is 5.92. The first kappa shape index (κ1) is 21.0. The van der Waals surface area contributed by atoms with Gasteiger partial charge in [0, 0.05) is 17.2 Å². The summed E-state index contributed by atoms with van der Waals surface area (Å²) in [6.07, 6.45) is 0.877. The highest BCUT2D eigenvalue weighted by molar-refractivity contribution is 5.99. The topological polar surface area (TPSA) is 90.9 Å². The van der Waals surface area contributed by atoms with Gasteiger partial charge in [-0.1, -0.05) is 31.2 Å². The fourth-order valence-electron chi connectivity index (χ4n) is 2.40. The van der Waals surface area contributed by atoms with Crippen LogP contribution < -0.4 is 14.8 Å². The lowest BCUT2D eigenvalue weighted by atomic mass is 10.1. The first-order chi connectivity index (χ1) is 13.5. The average molecular weight is 385 g/mol.